The van der Waals surface area contributed by atoms with Crippen LogP contribution in [0.5, 0.6) is 0 Å². The largest absolute Gasteiger partial charge is 0.318 e. The molecule has 2 aromatic rings. The molecule has 0 spiro atoms. The number of benzene rings is 1. The third-order valence-corrected chi connectivity index (χ3v) is 4.25. The second-order valence-electron chi connectivity index (χ2n) is 5.78. The Morgan fingerprint density at radius 2 is 1.80 bits per heavy atom. The van der Waals surface area contributed by atoms with E-state index in [0.29, 0.717) is 5.56 Å². The number of hydrogen-bond acceptors (Lipinski definition) is 2. The van der Waals surface area contributed by atoms with Gasteiger partial charge in [0.1, 0.15) is 5.82 Å². The van der Waals surface area contributed by atoms with E-state index in [2.05, 4.69) is 23.2 Å². The molecule has 20 heavy (non-hydrogen) atoms. The Bertz CT molecular complexity index is 635. The highest BCUT2D eigenvalue weighted by Crippen LogP contribution is 2.30. The molecule has 1 aliphatic rings. The topological polar surface area (TPSA) is 38.9 Å². The molecule has 1 heterocycles. The van der Waals surface area contributed by atoms with E-state index in [1.165, 1.54) is 36.2 Å². The predicted molar refractivity (Wildman–Crippen MR) is 77.9 cm³/mol. The van der Waals surface area contributed by atoms with E-state index in [-0.39, 0.29) is 5.82 Å². The molecule has 0 saturated heterocycles. The molecule has 1 aromatic carbocycles. The van der Waals surface area contributed by atoms with E-state index < -0.39 is 5.54 Å². The summed E-state index contributed by atoms with van der Waals surface area (Å²) in [5.74, 6) is -0.350. The van der Waals surface area contributed by atoms with Crippen LogP contribution in [0.4, 0.5) is 4.39 Å². The van der Waals surface area contributed by atoms with Crippen molar-refractivity contribution in [2.24, 2.45) is 5.73 Å². The van der Waals surface area contributed by atoms with E-state index in [1.54, 1.807) is 6.20 Å². The first-order valence-corrected chi connectivity index (χ1v) is 7.09. The average Bonchev–Trinajstić information content (AvgIpc) is 2.46. The lowest BCUT2D eigenvalue weighted by atomic mass is 9.82. The Kier molecular flexibility index (Phi) is 3.30. The molecule has 1 unspecified atom stereocenters. The maximum Gasteiger partial charge on any atom is 0.141 e. The Hall–Kier alpha value is -1.74. The SMILES string of the molecule is CC(N)(c1cncc(F)c1)c1ccc2c(c1)CCCC2. The molecule has 104 valence electrons. The van der Waals surface area contributed by atoms with Gasteiger partial charge < -0.3 is 5.73 Å². The zero-order valence-electron chi connectivity index (χ0n) is 11.7. The van der Waals surface area contributed by atoms with Crippen molar-refractivity contribution < 1.29 is 4.39 Å². The third kappa shape index (κ3) is 2.34. The molecule has 3 rings (SSSR count). The number of nitrogens with two attached hydrogens (primary N) is 1. The summed E-state index contributed by atoms with van der Waals surface area (Å²) in [7, 11) is 0. The van der Waals surface area contributed by atoms with Crippen LogP contribution in [0, 0.1) is 5.82 Å². The number of rotatable bonds is 2. The number of fused-ring (bicyclic) bond motifs is 1. The number of hydrogen-bond donors (Lipinski definition) is 1. The molecule has 2 nitrogen and oxygen atoms in total. The second kappa shape index (κ2) is 4.98. The highest BCUT2D eigenvalue weighted by molar-refractivity contribution is 5.41. The van der Waals surface area contributed by atoms with Crippen LogP contribution in [-0.4, -0.2) is 4.98 Å². The minimum Gasteiger partial charge on any atom is -0.318 e. The van der Waals surface area contributed by atoms with Gasteiger partial charge in [-0.2, -0.15) is 0 Å². The molecule has 0 fully saturated rings. The van der Waals surface area contributed by atoms with Crippen LogP contribution in [-0.2, 0) is 18.4 Å². The predicted octanol–water partition coefficient (Wildman–Crippen LogP) is 3.32. The van der Waals surface area contributed by atoms with Gasteiger partial charge in [-0.1, -0.05) is 18.2 Å². The standard InChI is InChI=1S/C17H19FN2/c1-17(19,15-9-16(18)11-20-10-15)14-7-6-12-4-2-3-5-13(12)8-14/h6-11H,2-5,19H2,1H3. The molecule has 0 radical (unpaired) electrons. The fourth-order valence-electron chi connectivity index (χ4n) is 2.92. The molecule has 0 aliphatic heterocycles. The molecule has 2 N–H and O–H groups in total. The maximum atomic E-state index is 13.4. The van der Waals surface area contributed by atoms with Crippen LogP contribution in [0.1, 0.15) is 42.0 Å². The van der Waals surface area contributed by atoms with Gasteiger partial charge in [-0.05, 0) is 60.9 Å². The summed E-state index contributed by atoms with van der Waals surface area (Å²) >= 11 is 0. The van der Waals surface area contributed by atoms with Crippen LogP contribution in [0.3, 0.4) is 0 Å². The summed E-state index contributed by atoms with van der Waals surface area (Å²) in [5.41, 5.74) is 10.3. The van der Waals surface area contributed by atoms with Crippen molar-refractivity contribution in [3.05, 3.63) is 64.7 Å². The van der Waals surface area contributed by atoms with Crippen LogP contribution in [0.25, 0.3) is 0 Å². The molecule has 0 amide bonds. The molecule has 1 aromatic heterocycles. The molecule has 3 heteroatoms. The molecule has 1 aliphatic carbocycles. The normalized spacial score (nSPS) is 17.4. The van der Waals surface area contributed by atoms with Gasteiger partial charge in [0.25, 0.3) is 0 Å². The van der Waals surface area contributed by atoms with E-state index in [4.69, 9.17) is 5.73 Å². The van der Waals surface area contributed by atoms with Crippen molar-refractivity contribution >= 4 is 0 Å². The van der Waals surface area contributed by atoms with E-state index in [9.17, 15) is 4.39 Å². The molecule has 1 atom stereocenters. The minimum absolute atomic E-state index is 0.350. The van der Waals surface area contributed by atoms with Gasteiger partial charge in [-0.15, -0.1) is 0 Å². The maximum absolute atomic E-state index is 13.4. The van der Waals surface area contributed by atoms with Gasteiger partial charge in [-0.25, -0.2) is 4.39 Å². The van der Waals surface area contributed by atoms with Crippen LogP contribution in [0.15, 0.2) is 36.7 Å². The highest BCUT2D eigenvalue weighted by atomic mass is 19.1. The average molecular weight is 270 g/mol. The van der Waals surface area contributed by atoms with Crippen LogP contribution >= 0.6 is 0 Å². The quantitative estimate of drug-likeness (QED) is 0.909. The number of aromatic nitrogens is 1. The third-order valence-electron chi connectivity index (χ3n) is 4.25. The second-order valence-corrected chi connectivity index (χ2v) is 5.78. The number of aryl methyl sites for hydroxylation is 2. The number of nitrogens with zero attached hydrogens (tertiary/aromatic N) is 1. The van der Waals surface area contributed by atoms with Crippen molar-refractivity contribution in [2.75, 3.05) is 0 Å². The zero-order valence-corrected chi connectivity index (χ0v) is 11.7. The Morgan fingerprint density at radius 3 is 2.55 bits per heavy atom. The van der Waals surface area contributed by atoms with Crippen molar-refractivity contribution in [1.29, 1.82) is 0 Å². The fraction of sp³-hybridized carbons (Fsp3) is 0.353. The van der Waals surface area contributed by atoms with Crippen LogP contribution < -0.4 is 5.73 Å². The smallest absolute Gasteiger partial charge is 0.141 e. The minimum atomic E-state index is -0.721. The first-order valence-electron chi connectivity index (χ1n) is 7.09. The van der Waals surface area contributed by atoms with Gasteiger partial charge >= 0.3 is 0 Å². The van der Waals surface area contributed by atoms with E-state index in [1.807, 2.05) is 6.92 Å². The van der Waals surface area contributed by atoms with E-state index >= 15 is 0 Å². The lowest BCUT2D eigenvalue weighted by Crippen LogP contribution is -2.34. The van der Waals surface area contributed by atoms with Crippen molar-refractivity contribution in [2.45, 2.75) is 38.1 Å². The molecule has 0 bridgehead atoms. The van der Waals surface area contributed by atoms with Crippen molar-refractivity contribution in [3.63, 3.8) is 0 Å². The summed E-state index contributed by atoms with van der Waals surface area (Å²) in [4.78, 5) is 3.91. The van der Waals surface area contributed by atoms with Crippen LogP contribution in [0.2, 0.25) is 0 Å². The van der Waals surface area contributed by atoms with Gasteiger partial charge in [0.15, 0.2) is 0 Å². The lowest BCUT2D eigenvalue weighted by molar-refractivity contribution is 0.572. The van der Waals surface area contributed by atoms with Crippen molar-refractivity contribution in [1.82, 2.24) is 4.98 Å². The summed E-state index contributed by atoms with van der Waals surface area (Å²) in [6.07, 6.45) is 7.60. The summed E-state index contributed by atoms with van der Waals surface area (Å²) < 4.78 is 13.4. The van der Waals surface area contributed by atoms with Crippen molar-refractivity contribution in [3.8, 4) is 0 Å². The molecular formula is C17H19FN2. The summed E-state index contributed by atoms with van der Waals surface area (Å²) in [6.45, 7) is 1.91. The Balaban J connectivity index is 2.02. The van der Waals surface area contributed by atoms with Gasteiger partial charge in [-0.3, -0.25) is 4.98 Å². The number of halogens is 1. The lowest BCUT2D eigenvalue weighted by Gasteiger charge is -2.27. The summed E-state index contributed by atoms with van der Waals surface area (Å²) in [5, 5.41) is 0. The number of pyridine rings is 1. The molecule has 0 saturated carbocycles. The Labute approximate surface area is 118 Å². The first kappa shape index (κ1) is 13.3. The van der Waals surface area contributed by atoms with Gasteiger partial charge in [0, 0.05) is 6.20 Å². The fourth-order valence-corrected chi connectivity index (χ4v) is 2.92. The van der Waals surface area contributed by atoms with E-state index in [0.717, 1.165) is 18.4 Å². The first-order chi connectivity index (χ1) is 9.57. The van der Waals surface area contributed by atoms with Gasteiger partial charge in [0.05, 0.1) is 11.7 Å². The highest BCUT2D eigenvalue weighted by Gasteiger charge is 2.25. The monoisotopic (exact) mass is 270 g/mol. The summed E-state index contributed by atoms with van der Waals surface area (Å²) in [6, 6.07) is 7.88. The Morgan fingerprint density at radius 1 is 1.05 bits per heavy atom. The zero-order chi connectivity index (χ0) is 14.2. The van der Waals surface area contributed by atoms with Gasteiger partial charge in [0.2, 0.25) is 0 Å². The molecular weight excluding hydrogens is 251 g/mol.